The summed E-state index contributed by atoms with van der Waals surface area (Å²) in [5, 5.41) is 2.85. The van der Waals surface area contributed by atoms with Crippen molar-refractivity contribution >= 4 is 5.91 Å². The molecule has 18 heavy (non-hydrogen) atoms. The van der Waals surface area contributed by atoms with Crippen LogP contribution in [0.15, 0.2) is 61.4 Å². The lowest BCUT2D eigenvalue weighted by atomic mass is 10.2. The van der Waals surface area contributed by atoms with Gasteiger partial charge in [0, 0.05) is 30.2 Å². The van der Waals surface area contributed by atoms with E-state index >= 15 is 0 Å². The summed E-state index contributed by atoms with van der Waals surface area (Å²) < 4.78 is 1.97. The number of amides is 1. The fourth-order valence-corrected chi connectivity index (χ4v) is 1.70. The van der Waals surface area contributed by atoms with Gasteiger partial charge in [0.05, 0.1) is 0 Å². The molecule has 3 heteroatoms. The average molecular weight is 240 g/mol. The predicted molar refractivity (Wildman–Crippen MR) is 72.9 cm³/mol. The monoisotopic (exact) mass is 240 g/mol. The summed E-state index contributed by atoms with van der Waals surface area (Å²) in [7, 11) is 0. The third-order valence-corrected chi connectivity index (χ3v) is 2.64. The number of rotatable bonds is 5. The van der Waals surface area contributed by atoms with E-state index in [1.807, 2.05) is 53.4 Å². The number of benzene rings is 1. The molecular formula is C15H16N2O. The maximum absolute atomic E-state index is 11.9. The fraction of sp³-hybridized carbons (Fsp3) is 0.133. The molecule has 0 bridgehead atoms. The van der Waals surface area contributed by atoms with Gasteiger partial charge in [-0.25, -0.2) is 0 Å². The Morgan fingerprint density at radius 2 is 2.06 bits per heavy atom. The number of hydrogen-bond donors (Lipinski definition) is 1. The highest BCUT2D eigenvalue weighted by Gasteiger charge is 2.05. The van der Waals surface area contributed by atoms with E-state index in [4.69, 9.17) is 0 Å². The number of carbonyl (C=O) groups excluding carboxylic acids is 1. The molecule has 0 aliphatic rings. The summed E-state index contributed by atoms with van der Waals surface area (Å²) >= 11 is 0. The maximum Gasteiger partial charge on any atom is 0.251 e. The van der Waals surface area contributed by atoms with Crippen molar-refractivity contribution in [2.75, 3.05) is 6.54 Å². The lowest BCUT2D eigenvalue weighted by Crippen LogP contribution is -2.24. The Hall–Kier alpha value is -2.29. The molecule has 1 heterocycles. The lowest BCUT2D eigenvalue weighted by Gasteiger charge is -2.07. The van der Waals surface area contributed by atoms with E-state index in [0.717, 1.165) is 12.1 Å². The molecule has 0 spiro atoms. The minimum absolute atomic E-state index is 0.0501. The summed E-state index contributed by atoms with van der Waals surface area (Å²) in [6, 6.07) is 11.5. The number of hydrogen-bond acceptors (Lipinski definition) is 1. The van der Waals surface area contributed by atoms with E-state index in [9.17, 15) is 4.79 Å². The fourth-order valence-electron chi connectivity index (χ4n) is 1.70. The van der Waals surface area contributed by atoms with Crippen LogP contribution >= 0.6 is 0 Å². The molecule has 0 fully saturated rings. The Labute approximate surface area is 107 Å². The van der Waals surface area contributed by atoms with Crippen LogP contribution < -0.4 is 5.32 Å². The molecule has 0 saturated carbocycles. The summed E-state index contributed by atoms with van der Waals surface area (Å²) in [5.74, 6) is -0.0501. The number of aromatic nitrogens is 1. The van der Waals surface area contributed by atoms with Gasteiger partial charge >= 0.3 is 0 Å². The van der Waals surface area contributed by atoms with Crippen molar-refractivity contribution in [1.29, 1.82) is 0 Å². The van der Waals surface area contributed by atoms with Crippen LogP contribution in [0.25, 0.3) is 5.69 Å². The summed E-state index contributed by atoms with van der Waals surface area (Å²) in [4.78, 5) is 11.9. The zero-order valence-corrected chi connectivity index (χ0v) is 10.2. The van der Waals surface area contributed by atoms with Crippen molar-refractivity contribution in [3.63, 3.8) is 0 Å². The molecule has 0 saturated heterocycles. The Balaban J connectivity index is 2.12. The molecule has 0 radical (unpaired) electrons. The SMILES string of the molecule is C=CCCNC(=O)c1cccc(-n2cccc2)c1. The summed E-state index contributed by atoms with van der Waals surface area (Å²) in [6.07, 6.45) is 6.48. The minimum atomic E-state index is -0.0501. The first-order chi connectivity index (χ1) is 8.81. The van der Waals surface area contributed by atoms with Crippen LogP contribution in [0, 0.1) is 0 Å². The van der Waals surface area contributed by atoms with Gasteiger partial charge in [-0.15, -0.1) is 6.58 Å². The van der Waals surface area contributed by atoms with Crippen LogP contribution in [-0.2, 0) is 0 Å². The van der Waals surface area contributed by atoms with Gasteiger partial charge in [0.25, 0.3) is 5.91 Å². The molecule has 1 aromatic carbocycles. The number of carbonyl (C=O) groups is 1. The molecule has 2 aromatic rings. The molecule has 0 aliphatic carbocycles. The van der Waals surface area contributed by atoms with Gasteiger partial charge in [-0.3, -0.25) is 4.79 Å². The van der Waals surface area contributed by atoms with E-state index in [1.54, 1.807) is 6.08 Å². The van der Waals surface area contributed by atoms with Gasteiger partial charge in [0.15, 0.2) is 0 Å². The zero-order valence-electron chi connectivity index (χ0n) is 10.2. The lowest BCUT2D eigenvalue weighted by molar-refractivity contribution is 0.0954. The van der Waals surface area contributed by atoms with Gasteiger partial charge in [-0.2, -0.15) is 0 Å². The van der Waals surface area contributed by atoms with Crippen LogP contribution in [0.5, 0.6) is 0 Å². The number of nitrogens with one attached hydrogen (secondary N) is 1. The molecule has 3 nitrogen and oxygen atoms in total. The first kappa shape index (κ1) is 12.2. The van der Waals surface area contributed by atoms with Crippen molar-refractivity contribution in [3.8, 4) is 5.69 Å². The molecule has 92 valence electrons. The van der Waals surface area contributed by atoms with Crippen molar-refractivity contribution in [1.82, 2.24) is 9.88 Å². The topological polar surface area (TPSA) is 34.0 Å². The van der Waals surface area contributed by atoms with E-state index < -0.39 is 0 Å². The van der Waals surface area contributed by atoms with Gasteiger partial charge in [0.2, 0.25) is 0 Å². The van der Waals surface area contributed by atoms with Crippen molar-refractivity contribution in [2.24, 2.45) is 0 Å². The Morgan fingerprint density at radius 3 is 2.78 bits per heavy atom. The second-order valence-electron chi connectivity index (χ2n) is 3.97. The maximum atomic E-state index is 11.9. The van der Waals surface area contributed by atoms with Crippen LogP contribution in [0.2, 0.25) is 0 Å². The van der Waals surface area contributed by atoms with Gasteiger partial charge < -0.3 is 9.88 Å². The minimum Gasteiger partial charge on any atom is -0.352 e. The van der Waals surface area contributed by atoms with Crippen molar-refractivity contribution in [3.05, 3.63) is 67.0 Å². The number of nitrogens with zero attached hydrogens (tertiary/aromatic N) is 1. The average Bonchev–Trinajstić information content (AvgIpc) is 2.93. The van der Waals surface area contributed by atoms with Gasteiger partial charge in [-0.1, -0.05) is 12.1 Å². The highest BCUT2D eigenvalue weighted by Crippen LogP contribution is 2.10. The van der Waals surface area contributed by atoms with Crippen LogP contribution in [-0.4, -0.2) is 17.0 Å². The predicted octanol–water partition coefficient (Wildman–Crippen LogP) is 2.78. The molecule has 1 amide bonds. The normalized spacial score (nSPS) is 10.0. The zero-order chi connectivity index (χ0) is 12.8. The Kier molecular flexibility index (Phi) is 3.97. The Morgan fingerprint density at radius 1 is 1.28 bits per heavy atom. The molecule has 0 unspecified atom stereocenters. The second kappa shape index (κ2) is 5.87. The van der Waals surface area contributed by atoms with E-state index in [0.29, 0.717) is 12.1 Å². The Bertz CT molecular complexity index is 529. The summed E-state index contributed by atoms with van der Waals surface area (Å²) in [5.41, 5.74) is 1.65. The largest absolute Gasteiger partial charge is 0.352 e. The van der Waals surface area contributed by atoms with Crippen LogP contribution in [0.3, 0.4) is 0 Å². The van der Waals surface area contributed by atoms with E-state index in [-0.39, 0.29) is 5.91 Å². The first-order valence-electron chi connectivity index (χ1n) is 5.94. The summed E-state index contributed by atoms with van der Waals surface area (Å²) in [6.45, 7) is 4.24. The highest BCUT2D eigenvalue weighted by atomic mass is 16.1. The molecule has 1 aromatic heterocycles. The van der Waals surface area contributed by atoms with Crippen molar-refractivity contribution in [2.45, 2.75) is 6.42 Å². The first-order valence-corrected chi connectivity index (χ1v) is 5.94. The molecule has 1 N–H and O–H groups in total. The molecule has 0 aliphatic heterocycles. The van der Waals surface area contributed by atoms with Gasteiger partial charge in [0.1, 0.15) is 0 Å². The quantitative estimate of drug-likeness (QED) is 0.633. The van der Waals surface area contributed by atoms with Crippen molar-refractivity contribution < 1.29 is 4.79 Å². The third kappa shape index (κ3) is 2.88. The molecular weight excluding hydrogens is 224 g/mol. The molecule has 2 rings (SSSR count). The van der Waals surface area contributed by atoms with E-state index in [1.165, 1.54) is 0 Å². The van der Waals surface area contributed by atoms with Gasteiger partial charge in [-0.05, 0) is 36.8 Å². The molecule has 0 atom stereocenters. The third-order valence-electron chi connectivity index (χ3n) is 2.64. The second-order valence-corrected chi connectivity index (χ2v) is 3.97. The highest BCUT2D eigenvalue weighted by molar-refractivity contribution is 5.94. The van der Waals surface area contributed by atoms with Crippen LogP contribution in [0.1, 0.15) is 16.8 Å². The standard InChI is InChI=1S/C15H16N2O/c1-2-3-9-16-15(18)13-7-6-8-14(12-13)17-10-4-5-11-17/h2,4-8,10-12H,1,3,9H2,(H,16,18). The smallest absolute Gasteiger partial charge is 0.251 e. The van der Waals surface area contributed by atoms with Crippen LogP contribution in [0.4, 0.5) is 0 Å². The van der Waals surface area contributed by atoms with E-state index in [2.05, 4.69) is 11.9 Å².